The molecule has 0 aliphatic heterocycles. The quantitative estimate of drug-likeness (QED) is 0.730. The Hall–Kier alpha value is -2.00. The van der Waals surface area contributed by atoms with Gasteiger partial charge < -0.3 is 5.73 Å². The summed E-state index contributed by atoms with van der Waals surface area (Å²) in [7, 11) is 0. The number of nitrogens with zero attached hydrogens (tertiary/aromatic N) is 2. The molecule has 1 aromatic heterocycles. The van der Waals surface area contributed by atoms with Crippen LogP contribution in [0.1, 0.15) is 11.1 Å². The summed E-state index contributed by atoms with van der Waals surface area (Å²) in [6, 6.07) is 11.9. The Balaban J connectivity index is 2.38. The van der Waals surface area contributed by atoms with Gasteiger partial charge in [0.2, 0.25) is 5.95 Å². The van der Waals surface area contributed by atoms with Crippen molar-refractivity contribution < 1.29 is 0 Å². The fraction of sp³-hybridized carbons (Fsp3) is 0.133. The number of hydrogen-bond acceptors (Lipinski definition) is 2. The lowest BCUT2D eigenvalue weighted by Crippen LogP contribution is -2.01. The molecule has 0 fully saturated rings. The first-order valence-electron chi connectivity index (χ1n) is 6.07. The summed E-state index contributed by atoms with van der Waals surface area (Å²) in [5.41, 5.74) is 11.1. The molecular formula is C15H14ClN3. The van der Waals surface area contributed by atoms with E-state index in [0.717, 1.165) is 27.8 Å². The standard InChI is InChI=1S/C15H14ClN3/c1-9-3-5-11(16)13(7-9)19-14-8-10(2)4-6-12(14)18-15(19)17/h3-8H,1-2H3,(H2,17,18). The Morgan fingerprint density at radius 3 is 2.53 bits per heavy atom. The summed E-state index contributed by atoms with van der Waals surface area (Å²) in [6.45, 7) is 4.07. The first-order chi connectivity index (χ1) is 9.06. The number of hydrogen-bond donors (Lipinski definition) is 1. The highest BCUT2D eigenvalue weighted by Gasteiger charge is 2.12. The zero-order valence-corrected chi connectivity index (χ0v) is 11.6. The molecule has 2 N–H and O–H groups in total. The molecule has 0 atom stereocenters. The lowest BCUT2D eigenvalue weighted by atomic mass is 10.2. The zero-order chi connectivity index (χ0) is 13.6. The topological polar surface area (TPSA) is 43.8 Å². The van der Waals surface area contributed by atoms with E-state index in [1.165, 1.54) is 0 Å². The van der Waals surface area contributed by atoms with Gasteiger partial charge in [-0.25, -0.2) is 4.98 Å². The number of aryl methyl sites for hydroxylation is 2. The minimum absolute atomic E-state index is 0.452. The Morgan fingerprint density at radius 2 is 1.74 bits per heavy atom. The van der Waals surface area contributed by atoms with Crippen LogP contribution in [-0.4, -0.2) is 9.55 Å². The third kappa shape index (κ3) is 1.96. The van der Waals surface area contributed by atoms with Crippen LogP contribution in [0.15, 0.2) is 36.4 Å². The van der Waals surface area contributed by atoms with Gasteiger partial charge in [-0.05, 0) is 49.2 Å². The molecule has 0 unspecified atom stereocenters. The summed E-state index contributed by atoms with van der Waals surface area (Å²) in [5.74, 6) is 0.452. The maximum atomic E-state index is 6.30. The monoisotopic (exact) mass is 271 g/mol. The summed E-state index contributed by atoms with van der Waals surface area (Å²) in [4.78, 5) is 4.38. The van der Waals surface area contributed by atoms with Gasteiger partial charge in [-0.3, -0.25) is 4.57 Å². The number of anilines is 1. The van der Waals surface area contributed by atoms with Crippen molar-refractivity contribution in [2.45, 2.75) is 13.8 Å². The van der Waals surface area contributed by atoms with E-state index in [1.54, 1.807) is 0 Å². The molecule has 0 bridgehead atoms. The number of nitrogens with two attached hydrogens (primary N) is 1. The van der Waals surface area contributed by atoms with Crippen LogP contribution in [0.3, 0.4) is 0 Å². The molecule has 1 heterocycles. The van der Waals surface area contributed by atoms with Gasteiger partial charge in [0, 0.05) is 0 Å². The van der Waals surface area contributed by atoms with Crippen molar-refractivity contribution in [3.05, 3.63) is 52.5 Å². The molecule has 0 saturated heterocycles. The highest BCUT2D eigenvalue weighted by molar-refractivity contribution is 6.32. The van der Waals surface area contributed by atoms with Gasteiger partial charge >= 0.3 is 0 Å². The van der Waals surface area contributed by atoms with Crippen molar-refractivity contribution in [1.82, 2.24) is 9.55 Å². The summed E-state index contributed by atoms with van der Waals surface area (Å²) < 4.78 is 1.90. The molecule has 96 valence electrons. The number of nitrogen functional groups attached to an aromatic ring is 1. The van der Waals surface area contributed by atoms with Crippen LogP contribution in [0.25, 0.3) is 16.7 Å². The van der Waals surface area contributed by atoms with Crippen LogP contribution in [-0.2, 0) is 0 Å². The maximum Gasteiger partial charge on any atom is 0.205 e. The van der Waals surface area contributed by atoms with Crippen molar-refractivity contribution >= 4 is 28.6 Å². The summed E-state index contributed by atoms with van der Waals surface area (Å²) >= 11 is 6.30. The van der Waals surface area contributed by atoms with E-state index >= 15 is 0 Å². The molecule has 4 heteroatoms. The van der Waals surface area contributed by atoms with E-state index in [2.05, 4.69) is 11.1 Å². The van der Waals surface area contributed by atoms with Crippen molar-refractivity contribution in [1.29, 1.82) is 0 Å². The highest BCUT2D eigenvalue weighted by Crippen LogP contribution is 2.29. The molecule has 0 aliphatic rings. The second-order valence-corrected chi connectivity index (χ2v) is 5.16. The molecule has 0 spiro atoms. The predicted molar refractivity (Wildman–Crippen MR) is 80.0 cm³/mol. The van der Waals surface area contributed by atoms with E-state index in [0.29, 0.717) is 11.0 Å². The van der Waals surface area contributed by atoms with Crippen LogP contribution in [0.5, 0.6) is 0 Å². The van der Waals surface area contributed by atoms with Crippen LogP contribution < -0.4 is 5.73 Å². The van der Waals surface area contributed by atoms with E-state index in [-0.39, 0.29) is 0 Å². The largest absolute Gasteiger partial charge is 0.369 e. The van der Waals surface area contributed by atoms with E-state index in [1.807, 2.05) is 48.7 Å². The molecule has 3 rings (SSSR count). The lowest BCUT2D eigenvalue weighted by Gasteiger charge is -2.10. The van der Waals surface area contributed by atoms with Crippen molar-refractivity contribution in [2.24, 2.45) is 0 Å². The number of aromatic nitrogens is 2. The number of fused-ring (bicyclic) bond motifs is 1. The lowest BCUT2D eigenvalue weighted by molar-refractivity contribution is 1.10. The Labute approximate surface area is 116 Å². The number of halogens is 1. The number of benzene rings is 2. The smallest absolute Gasteiger partial charge is 0.205 e. The summed E-state index contributed by atoms with van der Waals surface area (Å²) in [6.07, 6.45) is 0. The fourth-order valence-corrected chi connectivity index (χ4v) is 2.45. The third-order valence-electron chi connectivity index (χ3n) is 3.18. The molecule has 3 nitrogen and oxygen atoms in total. The van der Waals surface area contributed by atoms with Gasteiger partial charge in [-0.2, -0.15) is 0 Å². The molecule has 2 aromatic carbocycles. The SMILES string of the molecule is Cc1ccc(Cl)c(-n2c(N)nc3ccc(C)cc32)c1. The van der Waals surface area contributed by atoms with Crippen molar-refractivity contribution in [2.75, 3.05) is 5.73 Å². The first-order valence-corrected chi connectivity index (χ1v) is 6.45. The van der Waals surface area contributed by atoms with Crippen LogP contribution in [0, 0.1) is 13.8 Å². The molecule has 0 radical (unpaired) electrons. The average molecular weight is 272 g/mol. The highest BCUT2D eigenvalue weighted by atomic mass is 35.5. The van der Waals surface area contributed by atoms with E-state index in [4.69, 9.17) is 17.3 Å². The predicted octanol–water partition coefficient (Wildman–Crippen LogP) is 3.88. The van der Waals surface area contributed by atoms with E-state index in [9.17, 15) is 0 Å². The van der Waals surface area contributed by atoms with Crippen molar-refractivity contribution in [3.63, 3.8) is 0 Å². The zero-order valence-electron chi connectivity index (χ0n) is 10.8. The second-order valence-electron chi connectivity index (χ2n) is 4.75. The minimum atomic E-state index is 0.452. The Bertz CT molecular complexity index is 774. The van der Waals surface area contributed by atoms with Gasteiger partial charge in [-0.1, -0.05) is 23.7 Å². The number of imidazole rings is 1. The van der Waals surface area contributed by atoms with Crippen LogP contribution in [0.4, 0.5) is 5.95 Å². The second kappa shape index (κ2) is 4.28. The number of rotatable bonds is 1. The maximum absolute atomic E-state index is 6.30. The molecule has 19 heavy (non-hydrogen) atoms. The Kier molecular flexibility index (Phi) is 2.72. The normalized spacial score (nSPS) is 11.1. The minimum Gasteiger partial charge on any atom is -0.369 e. The van der Waals surface area contributed by atoms with Gasteiger partial charge in [0.15, 0.2) is 0 Å². The third-order valence-corrected chi connectivity index (χ3v) is 3.50. The molecule has 0 amide bonds. The van der Waals surface area contributed by atoms with Gasteiger partial charge in [-0.15, -0.1) is 0 Å². The first kappa shape index (κ1) is 12.1. The van der Waals surface area contributed by atoms with E-state index < -0.39 is 0 Å². The molecular weight excluding hydrogens is 258 g/mol. The van der Waals surface area contributed by atoms with Crippen LogP contribution in [0.2, 0.25) is 5.02 Å². The molecule has 0 saturated carbocycles. The molecule has 0 aliphatic carbocycles. The van der Waals surface area contributed by atoms with Gasteiger partial charge in [0.05, 0.1) is 21.7 Å². The Morgan fingerprint density at radius 1 is 1.05 bits per heavy atom. The average Bonchev–Trinajstić information content (AvgIpc) is 2.68. The van der Waals surface area contributed by atoms with Gasteiger partial charge in [0.25, 0.3) is 0 Å². The van der Waals surface area contributed by atoms with Crippen LogP contribution >= 0.6 is 11.6 Å². The molecule has 3 aromatic rings. The summed E-state index contributed by atoms with van der Waals surface area (Å²) in [5, 5.41) is 0.665. The van der Waals surface area contributed by atoms with Crippen molar-refractivity contribution in [3.8, 4) is 5.69 Å². The van der Waals surface area contributed by atoms with Gasteiger partial charge in [0.1, 0.15) is 0 Å². The fourth-order valence-electron chi connectivity index (χ4n) is 2.25.